The number of nitro groups is 1. The van der Waals surface area contributed by atoms with Gasteiger partial charge in [-0.15, -0.1) is 0 Å². The molecule has 2 aromatic carbocycles. The van der Waals surface area contributed by atoms with E-state index in [1.807, 2.05) is 29.2 Å². The van der Waals surface area contributed by atoms with Gasteiger partial charge in [0.2, 0.25) is 5.91 Å². The second-order valence-corrected chi connectivity index (χ2v) is 6.67. The van der Waals surface area contributed by atoms with E-state index in [1.165, 1.54) is 18.2 Å². The minimum Gasteiger partial charge on any atom is -0.497 e. The second kappa shape index (κ2) is 8.22. The summed E-state index contributed by atoms with van der Waals surface area (Å²) in [5, 5.41) is 11.1. The van der Waals surface area contributed by atoms with Crippen LogP contribution in [0.5, 0.6) is 5.75 Å². The van der Waals surface area contributed by atoms with E-state index < -0.39 is 4.92 Å². The molecule has 3 rings (SSSR count). The van der Waals surface area contributed by atoms with Gasteiger partial charge in [0.05, 0.1) is 18.1 Å². The monoisotopic (exact) mass is 386 g/mol. The Hall–Kier alpha value is -2.86. The average Bonchev–Trinajstić information content (AvgIpc) is 3.17. The lowest BCUT2D eigenvalue weighted by molar-refractivity contribution is -0.384. The van der Waals surface area contributed by atoms with Gasteiger partial charge in [0.1, 0.15) is 10.8 Å². The topological polar surface area (TPSA) is 72.7 Å². The maximum atomic E-state index is 12.7. The van der Waals surface area contributed by atoms with E-state index in [0.717, 1.165) is 24.2 Å². The van der Waals surface area contributed by atoms with E-state index in [-0.39, 0.29) is 22.7 Å². The molecule has 2 aromatic rings. The lowest BCUT2D eigenvalue weighted by Crippen LogP contribution is -2.28. The Morgan fingerprint density at radius 2 is 2.04 bits per heavy atom. The Labute approximate surface area is 162 Å². The van der Waals surface area contributed by atoms with Crippen molar-refractivity contribution in [3.05, 3.63) is 74.8 Å². The van der Waals surface area contributed by atoms with Crippen LogP contribution in [-0.4, -0.2) is 29.4 Å². The molecule has 140 valence electrons. The van der Waals surface area contributed by atoms with Crippen LogP contribution in [-0.2, 0) is 4.79 Å². The summed E-state index contributed by atoms with van der Waals surface area (Å²) in [6.45, 7) is 0.681. The summed E-state index contributed by atoms with van der Waals surface area (Å²) in [6, 6.07) is 12.2. The first-order valence-corrected chi connectivity index (χ1v) is 8.94. The number of likely N-dealkylation sites (tertiary alicyclic amines) is 1. The molecule has 1 aliphatic rings. The highest BCUT2D eigenvalue weighted by atomic mass is 35.5. The standard InChI is InChI=1S/C20H19ClN2O4/c1-27-16-8-6-15(7-9-16)18-3-2-12-22(18)20(24)11-5-14-4-10-17(21)19(13-14)23(25)26/h4-11,13,18H,2-3,12H2,1H3/b11-5+/t18-/m1/s1. The van der Waals surface area contributed by atoms with E-state index in [0.29, 0.717) is 12.1 Å². The van der Waals surface area contributed by atoms with Crippen molar-refractivity contribution in [1.29, 1.82) is 0 Å². The number of ether oxygens (including phenoxy) is 1. The van der Waals surface area contributed by atoms with Gasteiger partial charge in [-0.3, -0.25) is 14.9 Å². The Morgan fingerprint density at radius 3 is 2.70 bits per heavy atom. The van der Waals surface area contributed by atoms with E-state index in [2.05, 4.69) is 0 Å². The van der Waals surface area contributed by atoms with Crippen LogP contribution >= 0.6 is 11.6 Å². The zero-order chi connectivity index (χ0) is 19.4. The van der Waals surface area contributed by atoms with Crippen LogP contribution in [0.2, 0.25) is 5.02 Å². The van der Waals surface area contributed by atoms with Gasteiger partial charge in [-0.05, 0) is 48.2 Å². The molecule has 0 bridgehead atoms. The first kappa shape index (κ1) is 18.9. The fourth-order valence-electron chi connectivity index (χ4n) is 3.24. The molecule has 1 heterocycles. The van der Waals surface area contributed by atoms with E-state index >= 15 is 0 Å². The molecule has 0 unspecified atom stereocenters. The number of nitro benzene ring substituents is 1. The number of nitrogens with zero attached hydrogens (tertiary/aromatic N) is 2. The van der Waals surface area contributed by atoms with Crippen LogP contribution < -0.4 is 4.74 Å². The molecule has 0 aromatic heterocycles. The predicted molar refractivity (Wildman–Crippen MR) is 104 cm³/mol. The molecule has 1 atom stereocenters. The normalized spacial score (nSPS) is 16.7. The zero-order valence-electron chi connectivity index (χ0n) is 14.8. The maximum absolute atomic E-state index is 12.7. The number of carbonyl (C=O) groups excluding carboxylic acids is 1. The lowest BCUT2D eigenvalue weighted by atomic mass is 10.0. The Balaban J connectivity index is 1.75. The third kappa shape index (κ3) is 4.28. The molecule has 0 radical (unpaired) electrons. The van der Waals surface area contributed by atoms with Crippen LogP contribution in [0.15, 0.2) is 48.5 Å². The van der Waals surface area contributed by atoms with Crippen LogP contribution in [0, 0.1) is 10.1 Å². The summed E-state index contributed by atoms with van der Waals surface area (Å²) in [4.78, 5) is 24.9. The van der Waals surface area contributed by atoms with Crippen LogP contribution in [0.4, 0.5) is 5.69 Å². The Bertz CT molecular complexity index is 880. The molecule has 6 nitrogen and oxygen atoms in total. The van der Waals surface area contributed by atoms with Crippen molar-refractivity contribution in [2.24, 2.45) is 0 Å². The molecule has 1 saturated heterocycles. The minimum absolute atomic E-state index is 0.0209. The van der Waals surface area contributed by atoms with Gasteiger partial charge >= 0.3 is 0 Å². The first-order chi connectivity index (χ1) is 13.0. The van der Waals surface area contributed by atoms with E-state index in [1.54, 1.807) is 19.3 Å². The number of hydrogen-bond acceptors (Lipinski definition) is 4. The molecule has 0 N–H and O–H groups in total. The molecule has 1 aliphatic heterocycles. The van der Waals surface area contributed by atoms with Gasteiger partial charge in [-0.1, -0.05) is 29.8 Å². The van der Waals surface area contributed by atoms with Crippen molar-refractivity contribution in [3.63, 3.8) is 0 Å². The van der Waals surface area contributed by atoms with Crippen molar-refractivity contribution >= 4 is 29.3 Å². The highest BCUT2D eigenvalue weighted by molar-refractivity contribution is 6.32. The van der Waals surface area contributed by atoms with Gasteiger partial charge < -0.3 is 9.64 Å². The molecule has 1 fully saturated rings. The zero-order valence-corrected chi connectivity index (χ0v) is 15.6. The van der Waals surface area contributed by atoms with Gasteiger partial charge in [0, 0.05) is 18.7 Å². The smallest absolute Gasteiger partial charge is 0.288 e. The molecule has 7 heteroatoms. The number of hydrogen-bond donors (Lipinski definition) is 0. The quantitative estimate of drug-likeness (QED) is 0.426. The van der Waals surface area contributed by atoms with Crippen molar-refractivity contribution in [1.82, 2.24) is 4.90 Å². The predicted octanol–water partition coefficient (Wildman–Crippen LogP) is 4.63. The molecular weight excluding hydrogens is 368 g/mol. The van der Waals surface area contributed by atoms with Crippen molar-refractivity contribution in [2.45, 2.75) is 18.9 Å². The number of rotatable bonds is 5. The molecular formula is C20H19ClN2O4. The Morgan fingerprint density at radius 1 is 1.30 bits per heavy atom. The summed E-state index contributed by atoms with van der Waals surface area (Å²) in [5.41, 5.74) is 1.44. The number of benzene rings is 2. The highest BCUT2D eigenvalue weighted by Gasteiger charge is 2.28. The van der Waals surface area contributed by atoms with Crippen LogP contribution in [0.25, 0.3) is 6.08 Å². The van der Waals surface area contributed by atoms with Crippen LogP contribution in [0.3, 0.4) is 0 Å². The summed E-state index contributed by atoms with van der Waals surface area (Å²) in [7, 11) is 1.62. The van der Waals surface area contributed by atoms with Crippen molar-refractivity contribution in [3.8, 4) is 5.75 Å². The number of halogens is 1. The summed E-state index contributed by atoms with van der Waals surface area (Å²) < 4.78 is 5.18. The van der Waals surface area contributed by atoms with Crippen molar-refractivity contribution in [2.75, 3.05) is 13.7 Å². The summed E-state index contributed by atoms with van der Waals surface area (Å²) >= 11 is 5.82. The number of methoxy groups -OCH3 is 1. The number of amides is 1. The van der Waals surface area contributed by atoms with E-state index in [9.17, 15) is 14.9 Å². The molecule has 0 aliphatic carbocycles. The van der Waals surface area contributed by atoms with E-state index in [4.69, 9.17) is 16.3 Å². The summed E-state index contributed by atoms with van der Waals surface area (Å²) in [5.74, 6) is 0.657. The van der Waals surface area contributed by atoms with Gasteiger partial charge in [0.25, 0.3) is 5.69 Å². The minimum atomic E-state index is -0.540. The molecule has 0 spiro atoms. The van der Waals surface area contributed by atoms with Gasteiger partial charge in [0.15, 0.2) is 0 Å². The fourth-order valence-corrected chi connectivity index (χ4v) is 3.43. The largest absolute Gasteiger partial charge is 0.497 e. The van der Waals surface area contributed by atoms with Crippen molar-refractivity contribution < 1.29 is 14.5 Å². The summed E-state index contributed by atoms with van der Waals surface area (Å²) in [6.07, 6.45) is 4.87. The molecule has 0 saturated carbocycles. The fraction of sp³-hybridized carbons (Fsp3) is 0.250. The second-order valence-electron chi connectivity index (χ2n) is 6.26. The molecule has 27 heavy (non-hydrogen) atoms. The third-order valence-electron chi connectivity index (χ3n) is 4.62. The lowest BCUT2D eigenvalue weighted by Gasteiger charge is -2.24. The average molecular weight is 387 g/mol. The highest BCUT2D eigenvalue weighted by Crippen LogP contribution is 2.33. The maximum Gasteiger partial charge on any atom is 0.288 e. The first-order valence-electron chi connectivity index (χ1n) is 8.56. The van der Waals surface area contributed by atoms with Gasteiger partial charge in [-0.25, -0.2) is 0 Å². The Kier molecular flexibility index (Phi) is 5.76. The number of carbonyl (C=O) groups is 1. The van der Waals surface area contributed by atoms with Crippen LogP contribution in [0.1, 0.15) is 30.0 Å². The molecule has 1 amide bonds. The van der Waals surface area contributed by atoms with Gasteiger partial charge in [-0.2, -0.15) is 0 Å². The third-order valence-corrected chi connectivity index (χ3v) is 4.94. The SMILES string of the molecule is COc1ccc([C@H]2CCCN2C(=O)/C=C/c2ccc(Cl)c([N+](=O)[O-])c2)cc1.